The van der Waals surface area contributed by atoms with Gasteiger partial charge in [-0.05, 0) is 42.5 Å². The minimum atomic E-state index is -3.90. The normalized spacial score (nSPS) is 19.4. The van der Waals surface area contributed by atoms with E-state index in [2.05, 4.69) is 4.72 Å². The van der Waals surface area contributed by atoms with Gasteiger partial charge in [0.1, 0.15) is 5.54 Å². The van der Waals surface area contributed by atoms with Crippen LogP contribution in [0.25, 0.3) is 0 Å². The number of sulfonamides is 1. The third-order valence-corrected chi connectivity index (χ3v) is 6.93. The van der Waals surface area contributed by atoms with E-state index < -0.39 is 21.5 Å². The fourth-order valence-electron chi connectivity index (χ4n) is 2.99. The van der Waals surface area contributed by atoms with Crippen molar-refractivity contribution in [1.29, 1.82) is 0 Å². The summed E-state index contributed by atoms with van der Waals surface area (Å²) in [7, 11) is -3.90. The van der Waals surface area contributed by atoms with Crippen molar-refractivity contribution < 1.29 is 18.0 Å². The smallest absolute Gasteiger partial charge is 0.259 e. The molecule has 2 aromatic rings. The summed E-state index contributed by atoms with van der Waals surface area (Å²) >= 11 is 7.34. The van der Waals surface area contributed by atoms with Gasteiger partial charge in [-0.3, -0.25) is 14.3 Å². The molecular formula is C18H19ClN2O4S2. The van der Waals surface area contributed by atoms with Crippen LogP contribution in [0.4, 0.5) is 0 Å². The van der Waals surface area contributed by atoms with Gasteiger partial charge in [0.2, 0.25) is 15.9 Å². The first-order valence-corrected chi connectivity index (χ1v) is 11.2. The predicted molar refractivity (Wildman–Crippen MR) is 105 cm³/mol. The van der Waals surface area contributed by atoms with Crippen molar-refractivity contribution in [3.05, 3.63) is 57.2 Å². The molecule has 27 heavy (non-hydrogen) atoms. The number of amides is 2. The number of rotatable bonds is 6. The predicted octanol–water partition coefficient (Wildman–Crippen LogP) is 2.58. The van der Waals surface area contributed by atoms with Crippen molar-refractivity contribution in [1.82, 2.24) is 9.62 Å². The minimum absolute atomic E-state index is 0.186. The number of hydrogen-bond acceptors (Lipinski definition) is 5. The molecule has 0 radical (unpaired) electrons. The van der Waals surface area contributed by atoms with Gasteiger partial charge < -0.3 is 4.90 Å². The van der Waals surface area contributed by atoms with E-state index in [0.29, 0.717) is 23.6 Å². The molecule has 6 nitrogen and oxygen atoms in total. The van der Waals surface area contributed by atoms with Crippen LogP contribution in [0.5, 0.6) is 0 Å². The number of nitrogens with zero attached hydrogens (tertiary/aromatic N) is 1. The molecule has 1 aliphatic heterocycles. The molecule has 1 aliphatic rings. The number of likely N-dealkylation sites (tertiary alicyclic amines) is 1. The van der Waals surface area contributed by atoms with Crippen LogP contribution in [0.2, 0.25) is 5.02 Å². The van der Waals surface area contributed by atoms with E-state index in [1.807, 2.05) is 17.5 Å². The number of carbonyl (C=O) groups is 2. The number of nitrogens with one attached hydrogen (secondary N) is 1. The van der Waals surface area contributed by atoms with E-state index in [1.165, 1.54) is 22.3 Å². The molecule has 1 saturated heterocycles. The van der Waals surface area contributed by atoms with Crippen LogP contribution in [0.15, 0.2) is 41.8 Å². The lowest BCUT2D eigenvalue weighted by molar-refractivity contribution is -0.156. The molecule has 1 aromatic carbocycles. The summed E-state index contributed by atoms with van der Waals surface area (Å²) in [5, 5.41) is 2.30. The Morgan fingerprint density at radius 3 is 2.67 bits per heavy atom. The highest BCUT2D eigenvalue weighted by Crippen LogP contribution is 2.32. The quantitative estimate of drug-likeness (QED) is 0.769. The van der Waals surface area contributed by atoms with E-state index >= 15 is 0 Å². The Morgan fingerprint density at radius 1 is 1.30 bits per heavy atom. The molecule has 1 unspecified atom stereocenters. The minimum Gasteiger partial charge on any atom is -0.328 e. The fraction of sp³-hybridized carbons (Fsp3) is 0.333. The number of halogens is 1. The van der Waals surface area contributed by atoms with Gasteiger partial charge in [0, 0.05) is 16.4 Å². The van der Waals surface area contributed by atoms with Gasteiger partial charge in [-0.15, -0.1) is 11.3 Å². The third-order valence-electron chi connectivity index (χ3n) is 4.61. The summed E-state index contributed by atoms with van der Waals surface area (Å²) in [6.07, 6.45) is 0.623. The highest BCUT2D eigenvalue weighted by atomic mass is 35.5. The van der Waals surface area contributed by atoms with Crippen LogP contribution in [0.1, 0.15) is 23.8 Å². The van der Waals surface area contributed by atoms with Gasteiger partial charge in [0.25, 0.3) is 5.91 Å². The van der Waals surface area contributed by atoms with Crippen LogP contribution in [-0.4, -0.2) is 37.2 Å². The van der Waals surface area contributed by atoms with Crippen molar-refractivity contribution in [2.75, 3.05) is 6.54 Å². The first-order valence-electron chi connectivity index (χ1n) is 8.32. The Bertz CT molecular complexity index is 960. The molecule has 1 atom stereocenters. The molecule has 0 bridgehead atoms. The van der Waals surface area contributed by atoms with Gasteiger partial charge in [-0.25, -0.2) is 8.42 Å². The summed E-state index contributed by atoms with van der Waals surface area (Å²) < 4.78 is 26.8. The Labute approximate surface area is 167 Å². The second-order valence-electron chi connectivity index (χ2n) is 6.65. The Kier molecular flexibility index (Phi) is 5.60. The van der Waals surface area contributed by atoms with E-state index in [0.717, 1.165) is 4.88 Å². The van der Waals surface area contributed by atoms with E-state index in [4.69, 9.17) is 11.6 Å². The highest BCUT2D eigenvalue weighted by molar-refractivity contribution is 7.89. The number of thiophene rings is 1. The van der Waals surface area contributed by atoms with Crippen molar-refractivity contribution in [3.63, 3.8) is 0 Å². The SMILES string of the molecule is CC1(C(=O)NS(=O)(=O)Cc2cccc(Cl)c2)CCN1C(=O)Cc1cccs1. The number of benzene rings is 1. The maximum atomic E-state index is 12.6. The van der Waals surface area contributed by atoms with Crippen LogP contribution in [0, 0.1) is 0 Å². The zero-order valence-corrected chi connectivity index (χ0v) is 17.0. The van der Waals surface area contributed by atoms with Gasteiger partial charge in [-0.2, -0.15) is 0 Å². The molecule has 0 spiro atoms. The second kappa shape index (κ2) is 7.61. The Hall–Kier alpha value is -1.90. The average molecular weight is 427 g/mol. The molecule has 2 heterocycles. The lowest BCUT2D eigenvalue weighted by Crippen LogP contribution is -2.68. The first kappa shape index (κ1) is 19.9. The topological polar surface area (TPSA) is 83.6 Å². The molecule has 0 aliphatic carbocycles. The lowest BCUT2D eigenvalue weighted by atomic mass is 9.85. The average Bonchev–Trinajstić information content (AvgIpc) is 3.04. The van der Waals surface area contributed by atoms with Crippen molar-refractivity contribution in [2.45, 2.75) is 31.1 Å². The summed E-state index contributed by atoms with van der Waals surface area (Å²) in [4.78, 5) is 27.5. The van der Waals surface area contributed by atoms with Crippen molar-refractivity contribution >= 4 is 44.8 Å². The van der Waals surface area contributed by atoms with Gasteiger partial charge in [0.15, 0.2) is 0 Å². The summed E-state index contributed by atoms with van der Waals surface area (Å²) in [6.45, 7) is 2.02. The lowest BCUT2D eigenvalue weighted by Gasteiger charge is -2.48. The maximum absolute atomic E-state index is 12.6. The Balaban J connectivity index is 1.66. The third kappa shape index (κ3) is 4.51. The number of carbonyl (C=O) groups excluding carboxylic acids is 2. The zero-order chi connectivity index (χ0) is 19.7. The molecule has 1 fully saturated rings. The fourth-order valence-corrected chi connectivity index (χ4v) is 5.09. The molecule has 9 heteroatoms. The molecule has 0 saturated carbocycles. The molecule has 3 rings (SSSR count). The van der Waals surface area contributed by atoms with Gasteiger partial charge in [0.05, 0.1) is 12.2 Å². The molecule has 2 amide bonds. The molecular weight excluding hydrogens is 408 g/mol. The van der Waals surface area contributed by atoms with Crippen LogP contribution in [0.3, 0.4) is 0 Å². The van der Waals surface area contributed by atoms with Crippen LogP contribution in [-0.2, 0) is 31.8 Å². The molecule has 1 aromatic heterocycles. The monoisotopic (exact) mass is 426 g/mol. The van der Waals surface area contributed by atoms with E-state index in [1.54, 1.807) is 25.1 Å². The van der Waals surface area contributed by atoms with E-state index in [-0.39, 0.29) is 18.1 Å². The standard InChI is InChI=1S/C18H19ClN2O4S2/c1-18(7-8-21(18)16(22)11-15-6-3-9-26-15)17(23)20-27(24,25)12-13-4-2-5-14(19)10-13/h2-6,9-10H,7-8,11-12H2,1H3,(H,20,23). The number of hydrogen-bond donors (Lipinski definition) is 1. The summed E-state index contributed by atoms with van der Waals surface area (Å²) in [6, 6.07) is 10.2. The first-order chi connectivity index (χ1) is 12.7. The molecule has 1 N–H and O–H groups in total. The zero-order valence-electron chi connectivity index (χ0n) is 14.6. The van der Waals surface area contributed by atoms with Crippen LogP contribution < -0.4 is 4.72 Å². The largest absolute Gasteiger partial charge is 0.328 e. The van der Waals surface area contributed by atoms with E-state index in [9.17, 15) is 18.0 Å². The van der Waals surface area contributed by atoms with Crippen LogP contribution >= 0.6 is 22.9 Å². The molecule has 144 valence electrons. The Morgan fingerprint density at radius 2 is 2.07 bits per heavy atom. The summed E-state index contributed by atoms with van der Waals surface area (Å²) in [5.74, 6) is -1.23. The highest BCUT2D eigenvalue weighted by Gasteiger charge is 2.50. The van der Waals surface area contributed by atoms with Crippen molar-refractivity contribution in [2.24, 2.45) is 0 Å². The van der Waals surface area contributed by atoms with Gasteiger partial charge in [-0.1, -0.05) is 29.8 Å². The summed E-state index contributed by atoms with van der Waals surface area (Å²) in [5.41, 5.74) is -0.678. The van der Waals surface area contributed by atoms with Crippen molar-refractivity contribution in [3.8, 4) is 0 Å². The maximum Gasteiger partial charge on any atom is 0.259 e. The van der Waals surface area contributed by atoms with Gasteiger partial charge >= 0.3 is 0 Å². The second-order valence-corrected chi connectivity index (χ2v) is 9.84.